The highest BCUT2D eigenvalue weighted by molar-refractivity contribution is 7.92. The summed E-state index contributed by atoms with van der Waals surface area (Å²) >= 11 is 0. The molecular formula is C25H25FN2O6S. The van der Waals surface area contributed by atoms with E-state index in [0.29, 0.717) is 48.8 Å². The van der Waals surface area contributed by atoms with Gasteiger partial charge in [-0.2, -0.15) is 0 Å². The molecule has 0 atom stereocenters. The van der Waals surface area contributed by atoms with Crippen molar-refractivity contribution >= 4 is 21.6 Å². The van der Waals surface area contributed by atoms with E-state index in [-0.39, 0.29) is 23.9 Å². The first-order valence-corrected chi connectivity index (χ1v) is 12.4. The van der Waals surface area contributed by atoms with Crippen LogP contribution in [0.4, 0.5) is 10.1 Å². The van der Waals surface area contributed by atoms with Crippen molar-refractivity contribution in [2.45, 2.75) is 24.3 Å². The van der Waals surface area contributed by atoms with Crippen molar-refractivity contribution in [1.29, 1.82) is 0 Å². The summed E-state index contributed by atoms with van der Waals surface area (Å²) in [5, 5.41) is 0. The van der Waals surface area contributed by atoms with E-state index in [1.54, 1.807) is 42.5 Å². The molecule has 3 aromatic rings. The number of ether oxygens (including phenoxy) is 3. The number of aryl methyl sites for hydroxylation is 2. The van der Waals surface area contributed by atoms with Crippen LogP contribution < -0.4 is 19.9 Å². The Hall–Kier alpha value is -3.63. The minimum Gasteiger partial charge on any atom is -0.486 e. The van der Waals surface area contributed by atoms with Crippen LogP contribution in [0.2, 0.25) is 0 Å². The van der Waals surface area contributed by atoms with Gasteiger partial charge in [-0.05, 0) is 59.9 Å². The fourth-order valence-electron chi connectivity index (χ4n) is 3.61. The Morgan fingerprint density at radius 2 is 1.66 bits per heavy atom. The van der Waals surface area contributed by atoms with E-state index >= 15 is 0 Å². The number of hydrogen-bond acceptors (Lipinski definition) is 6. The Bertz CT molecular complexity index is 1310. The summed E-state index contributed by atoms with van der Waals surface area (Å²) in [5.41, 5.74) is 7.51. The van der Waals surface area contributed by atoms with Crippen molar-refractivity contribution in [3.8, 4) is 11.5 Å². The fourth-order valence-corrected chi connectivity index (χ4v) is 4.66. The zero-order chi connectivity index (χ0) is 24.8. The molecule has 0 bridgehead atoms. The van der Waals surface area contributed by atoms with E-state index in [1.807, 2.05) is 0 Å². The number of primary amides is 1. The van der Waals surface area contributed by atoms with Crippen molar-refractivity contribution in [1.82, 2.24) is 0 Å². The molecule has 3 N–H and O–H groups in total. The first-order chi connectivity index (χ1) is 16.8. The van der Waals surface area contributed by atoms with E-state index < -0.39 is 15.9 Å². The molecule has 0 fully saturated rings. The first-order valence-electron chi connectivity index (χ1n) is 10.9. The molecule has 0 saturated carbocycles. The number of halogens is 1. The predicted molar refractivity (Wildman–Crippen MR) is 127 cm³/mol. The van der Waals surface area contributed by atoms with Gasteiger partial charge in [-0.3, -0.25) is 9.52 Å². The summed E-state index contributed by atoms with van der Waals surface area (Å²) in [4.78, 5) is 10.9. The minimum atomic E-state index is -3.80. The van der Waals surface area contributed by atoms with E-state index in [9.17, 15) is 17.6 Å². The number of sulfonamides is 1. The van der Waals surface area contributed by atoms with E-state index in [1.165, 1.54) is 18.2 Å². The van der Waals surface area contributed by atoms with Gasteiger partial charge in [-0.15, -0.1) is 0 Å². The van der Waals surface area contributed by atoms with Crippen molar-refractivity contribution in [2.24, 2.45) is 5.73 Å². The Labute approximate surface area is 202 Å². The van der Waals surface area contributed by atoms with Gasteiger partial charge in [0.15, 0.2) is 11.5 Å². The lowest BCUT2D eigenvalue weighted by Gasteiger charge is -2.19. The molecule has 0 spiro atoms. The smallest absolute Gasteiger partial charge is 0.261 e. The normalized spacial score (nSPS) is 12.8. The van der Waals surface area contributed by atoms with Crippen molar-refractivity contribution < 1.29 is 31.8 Å². The molecule has 0 aromatic heterocycles. The molecule has 3 aromatic carbocycles. The topological polar surface area (TPSA) is 117 Å². The summed E-state index contributed by atoms with van der Waals surface area (Å²) in [5.74, 6) is 0.150. The zero-order valence-electron chi connectivity index (χ0n) is 18.8. The molecular weight excluding hydrogens is 475 g/mol. The fraction of sp³-hybridized carbons (Fsp3) is 0.240. The Balaban J connectivity index is 1.38. The van der Waals surface area contributed by atoms with E-state index in [2.05, 4.69) is 4.72 Å². The van der Waals surface area contributed by atoms with Crippen LogP contribution in [0.1, 0.15) is 16.7 Å². The number of nitrogens with one attached hydrogen (secondary N) is 1. The van der Waals surface area contributed by atoms with Crippen molar-refractivity contribution in [2.75, 3.05) is 24.5 Å². The Kier molecular flexibility index (Phi) is 7.52. The second-order valence-electron chi connectivity index (χ2n) is 7.99. The van der Waals surface area contributed by atoms with Gasteiger partial charge in [0.25, 0.3) is 10.0 Å². The van der Waals surface area contributed by atoms with Gasteiger partial charge in [0.2, 0.25) is 5.91 Å². The summed E-state index contributed by atoms with van der Waals surface area (Å²) in [6.07, 6.45) is 0.926. The van der Waals surface area contributed by atoms with Crippen LogP contribution in [0.25, 0.3) is 0 Å². The Morgan fingerprint density at radius 3 is 2.40 bits per heavy atom. The summed E-state index contributed by atoms with van der Waals surface area (Å²) < 4.78 is 58.5. The molecule has 1 aliphatic heterocycles. The number of anilines is 1. The number of rotatable bonds is 10. The van der Waals surface area contributed by atoms with E-state index in [4.69, 9.17) is 19.9 Å². The van der Waals surface area contributed by atoms with Crippen LogP contribution in [-0.4, -0.2) is 34.1 Å². The van der Waals surface area contributed by atoms with Crippen molar-refractivity contribution in [3.63, 3.8) is 0 Å². The third-order valence-electron chi connectivity index (χ3n) is 5.33. The summed E-state index contributed by atoms with van der Waals surface area (Å²) in [6, 6.07) is 15.9. The monoisotopic (exact) mass is 500 g/mol. The standard InChI is InChI=1S/C25H25FN2O6S/c26-22-9-4-18(15-32-16-25(27)29)13-19(22)5-1-17-2-7-21(8-3-17)35(30,31)28-20-6-10-23-24(14-20)34-12-11-33-23/h2-4,6-10,13-14,28H,1,5,11-12,15-16H2,(H2,27,29). The predicted octanol–water partition coefficient (Wildman–Crippen LogP) is 3.18. The van der Waals surface area contributed by atoms with Gasteiger partial charge in [-0.25, -0.2) is 12.8 Å². The van der Waals surface area contributed by atoms with Gasteiger partial charge in [0, 0.05) is 6.07 Å². The summed E-state index contributed by atoms with van der Waals surface area (Å²) in [6.45, 7) is 0.806. The number of nitrogens with two attached hydrogens (primary N) is 1. The summed E-state index contributed by atoms with van der Waals surface area (Å²) in [7, 11) is -3.80. The molecule has 184 valence electrons. The molecule has 8 nitrogen and oxygen atoms in total. The maximum absolute atomic E-state index is 14.2. The van der Waals surface area contributed by atoms with E-state index in [0.717, 1.165) is 11.1 Å². The number of benzene rings is 3. The molecule has 1 heterocycles. The van der Waals surface area contributed by atoms with Gasteiger partial charge >= 0.3 is 0 Å². The largest absolute Gasteiger partial charge is 0.486 e. The highest BCUT2D eigenvalue weighted by Gasteiger charge is 2.17. The molecule has 0 saturated heterocycles. The molecule has 0 aliphatic carbocycles. The third kappa shape index (κ3) is 6.49. The number of carbonyl (C=O) groups is 1. The molecule has 1 aliphatic rings. The average Bonchev–Trinajstić information content (AvgIpc) is 2.84. The lowest BCUT2D eigenvalue weighted by Crippen LogP contribution is -2.17. The Morgan fingerprint density at radius 1 is 0.943 bits per heavy atom. The van der Waals surface area contributed by atoms with Crippen LogP contribution in [0, 0.1) is 5.82 Å². The van der Waals surface area contributed by atoms with Gasteiger partial charge < -0.3 is 19.9 Å². The van der Waals surface area contributed by atoms with Crippen LogP contribution in [-0.2, 0) is 39.0 Å². The maximum atomic E-state index is 14.2. The second-order valence-corrected chi connectivity index (χ2v) is 9.68. The SMILES string of the molecule is NC(=O)COCc1ccc(F)c(CCc2ccc(S(=O)(=O)Nc3ccc4c(c3)OCCO4)cc2)c1. The van der Waals surface area contributed by atoms with Gasteiger partial charge in [-0.1, -0.05) is 24.3 Å². The van der Waals surface area contributed by atoms with Crippen LogP contribution in [0.5, 0.6) is 11.5 Å². The van der Waals surface area contributed by atoms with Gasteiger partial charge in [0.1, 0.15) is 25.6 Å². The number of fused-ring (bicyclic) bond motifs is 1. The van der Waals surface area contributed by atoms with Crippen LogP contribution in [0.3, 0.4) is 0 Å². The molecule has 10 heteroatoms. The lowest BCUT2D eigenvalue weighted by atomic mass is 10.0. The zero-order valence-corrected chi connectivity index (χ0v) is 19.6. The second kappa shape index (κ2) is 10.7. The highest BCUT2D eigenvalue weighted by Crippen LogP contribution is 2.33. The maximum Gasteiger partial charge on any atom is 0.261 e. The van der Waals surface area contributed by atoms with Crippen molar-refractivity contribution in [3.05, 3.63) is 83.2 Å². The first kappa shape index (κ1) is 24.5. The number of hydrogen-bond donors (Lipinski definition) is 2. The molecule has 0 radical (unpaired) electrons. The average molecular weight is 501 g/mol. The molecule has 1 amide bonds. The molecule has 35 heavy (non-hydrogen) atoms. The van der Waals surface area contributed by atoms with Crippen LogP contribution in [0.15, 0.2) is 65.6 Å². The van der Waals surface area contributed by atoms with Crippen LogP contribution >= 0.6 is 0 Å². The van der Waals surface area contributed by atoms with Gasteiger partial charge in [0.05, 0.1) is 17.2 Å². The number of amides is 1. The minimum absolute atomic E-state index is 0.107. The molecule has 4 rings (SSSR count). The highest BCUT2D eigenvalue weighted by atomic mass is 32.2. The molecule has 0 unspecified atom stereocenters. The number of carbonyl (C=O) groups excluding carboxylic acids is 1. The lowest BCUT2D eigenvalue weighted by molar-refractivity contribution is -0.122. The quantitative estimate of drug-likeness (QED) is 0.442. The third-order valence-corrected chi connectivity index (χ3v) is 6.73.